The number of nitrogens with two attached hydrogens (primary N) is 1. The molecule has 168 valence electrons. The first kappa shape index (κ1) is 22.0. The lowest BCUT2D eigenvalue weighted by Gasteiger charge is -2.52. The van der Waals surface area contributed by atoms with E-state index in [0.29, 0.717) is 23.7 Å². The van der Waals surface area contributed by atoms with Crippen LogP contribution in [0.4, 0.5) is 13.2 Å². The van der Waals surface area contributed by atoms with Crippen LogP contribution in [0.5, 0.6) is 11.5 Å². The van der Waals surface area contributed by atoms with Crippen molar-refractivity contribution in [2.24, 2.45) is 17.6 Å². The Kier molecular flexibility index (Phi) is 6.17. The molecule has 4 unspecified atom stereocenters. The minimum Gasteiger partial charge on any atom is -0.496 e. The lowest BCUT2D eigenvalue weighted by Crippen LogP contribution is -2.65. The van der Waals surface area contributed by atoms with E-state index in [1.807, 2.05) is 18.2 Å². The first-order valence-corrected chi connectivity index (χ1v) is 10.8. The van der Waals surface area contributed by atoms with Crippen LogP contribution in [0.3, 0.4) is 0 Å². The third-order valence-electron chi connectivity index (χ3n) is 6.73. The van der Waals surface area contributed by atoms with Gasteiger partial charge >= 0.3 is 6.36 Å². The second-order valence-electron chi connectivity index (χ2n) is 8.74. The van der Waals surface area contributed by atoms with Gasteiger partial charge in [0.15, 0.2) is 0 Å². The average molecular weight is 435 g/mol. The number of fused-ring (bicyclic) bond motifs is 1. The fourth-order valence-corrected chi connectivity index (χ4v) is 5.31. The molecule has 4 atom stereocenters. The average Bonchev–Trinajstić information content (AvgIpc) is 2.73. The molecular weight excluding hydrogens is 405 g/mol. The highest BCUT2D eigenvalue weighted by Crippen LogP contribution is 2.46. The molecule has 1 heterocycles. The fourth-order valence-electron chi connectivity index (χ4n) is 5.31. The maximum atomic E-state index is 12.7. The second kappa shape index (κ2) is 8.71. The lowest BCUT2D eigenvalue weighted by molar-refractivity contribution is -0.274. The van der Waals surface area contributed by atoms with Gasteiger partial charge in [-0.2, -0.15) is 0 Å². The largest absolute Gasteiger partial charge is 0.573 e. The van der Waals surface area contributed by atoms with Gasteiger partial charge in [0.25, 0.3) is 0 Å². The van der Waals surface area contributed by atoms with Crippen molar-refractivity contribution in [3.8, 4) is 11.5 Å². The Morgan fingerprint density at radius 3 is 2.61 bits per heavy atom. The van der Waals surface area contributed by atoms with E-state index in [9.17, 15) is 13.2 Å². The van der Waals surface area contributed by atoms with Crippen LogP contribution in [0.25, 0.3) is 0 Å². The number of methoxy groups -OCH3 is 1. The summed E-state index contributed by atoms with van der Waals surface area (Å²) in [6.45, 7) is 0. The van der Waals surface area contributed by atoms with Gasteiger partial charge in [0, 0.05) is 6.04 Å². The van der Waals surface area contributed by atoms with Crippen LogP contribution >= 0.6 is 0 Å². The highest BCUT2D eigenvalue weighted by molar-refractivity contribution is 5.41. The summed E-state index contributed by atoms with van der Waals surface area (Å²) >= 11 is 0. The molecule has 0 aromatic heterocycles. The van der Waals surface area contributed by atoms with E-state index in [1.54, 1.807) is 0 Å². The van der Waals surface area contributed by atoms with Crippen molar-refractivity contribution in [1.29, 1.82) is 0 Å². The minimum atomic E-state index is -4.73. The maximum Gasteiger partial charge on any atom is 0.573 e. The van der Waals surface area contributed by atoms with Crippen LogP contribution in [0.1, 0.15) is 49.3 Å². The van der Waals surface area contributed by atoms with Gasteiger partial charge in [-0.3, -0.25) is 5.32 Å². The van der Waals surface area contributed by atoms with Crippen molar-refractivity contribution < 1.29 is 22.6 Å². The summed E-state index contributed by atoms with van der Waals surface area (Å²) in [6, 6.07) is 14.4. The molecule has 4 rings (SSSR count). The van der Waals surface area contributed by atoms with Crippen LogP contribution < -0.4 is 20.5 Å². The molecule has 1 saturated carbocycles. The molecule has 2 aliphatic rings. The number of ether oxygens (including phenoxy) is 2. The molecule has 3 N–H and O–H groups in total. The van der Waals surface area contributed by atoms with Crippen LogP contribution in [0, 0.1) is 11.8 Å². The number of alkyl halides is 3. The van der Waals surface area contributed by atoms with Crippen molar-refractivity contribution in [3.63, 3.8) is 0 Å². The lowest BCUT2D eigenvalue weighted by atomic mass is 9.67. The van der Waals surface area contributed by atoms with Gasteiger partial charge in [-0.25, -0.2) is 0 Å². The predicted octanol–water partition coefficient (Wildman–Crippen LogP) is 5.33. The summed E-state index contributed by atoms with van der Waals surface area (Å²) in [5.41, 5.74) is 8.26. The third-order valence-corrected chi connectivity index (χ3v) is 6.73. The van der Waals surface area contributed by atoms with Gasteiger partial charge in [-0.05, 0) is 66.8 Å². The smallest absolute Gasteiger partial charge is 0.496 e. The molecule has 1 aliphatic heterocycles. The molecule has 4 nitrogen and oxygen atoms in total. The van der Waals surface area contributed by atoms with Crippen LogP contribution in [0.15, 0.2) is 48.5 Å². The standard InChI is InChI=1S/C24H29F3N2O2/c1-30-21-11-10-20(31-24(25,26)27)15-17(21)13-18-14-19-9-5-6-12-23(19,28)29-22(18)16-7-3-2-4-8-16/h2-4,7-8,10-11,15,18-19,22,29H,5-6,9,12-14,28H2,1H3. The van der Waals surface area contributed by atoms with Crippen LogP contribution in [0.2, 0.25) is 0 Å². The van der Waals surface area contributed by atoms with Gasteiger partial charge in [0.2, 0.25) is 0 Å². The number of piperidine rings is 1. The fraction of sp³-hybridized carbons (Fsp3) is 0.500. The summed E-state index contributed by atoms with van der Waals surface area (Å²) in [6.07, 6.45) is 1.02. The monoisotopic (exact) mass is 434 g/mol. The van der Waals surface area contributed by atoms with E-state index in [2.05, 4.69) is 22.2 Å². The molecule has 1 saturated heterocycles. The molecule has 31 heavy (non-hydrogen) atoms. The normalized spacial score (nSPS) is 28.6. The topological polar surface area (TPSA) is 56.5 Å². The minimum absolute atomic E-state index is 0.0115. The highest BCUT2D eigenvalue weighted by Gasteiger charge is 2.46. The Bertz CT molecular complexity index is 890. The number of hydrogen-bond acceptors (Lipinski definition) is 4. The van der Waals surface area contributed by atoms with Crippen LogP contribution in [-0.2, 0) is 6.42 Å². The molecule has 0 amide bonds. The molecule has 0 spiro atoms. The molecule has 7 heteroatoms. The number of rotatable bonds is 5. The Balaban J connectivity index is 1.65. The first-order valence-electron chi connectivity index (χ1n) is 10.8. The number of benzene rings is 2. The van der Waals surface area contributed by atoms with E-state index in [-0.39, 0.29) is 17.7 Å². The zero-order valence-corrected chi connectivity index (χ0v) is 17.6. The molecular formula is C24H29F3N2O2. The number of nitrogens with one attached hydrogen (secondary N) is 1. The number of halogens is 3. The van der Waals surface area contributed by atoms with E-state index in [0.717, 1.165) is 37.7 Å². The van der Waals surface area contributed by atoms with Crippen molar-refractivity contribution in [1.82, 2.24) is 5.32 Å². The Morgan fingerprint density at radius 2 is 1.90 bits per heavy atom. The van der Waals surface area contributed by atoms with Crippen molar-refractivity contribution >= 4 is 0 Å². The van der Waals surface area contributed by atoms with E-state index >= 15 is 0 Å². The zero-order chi connectivity index (χ0) is 22.1. The van der Waals surface area contributed by atoms with Gasteiger partial charge < -0.3 is 15.2 Å². The van der Waals surface area contributed by atoms with E-state index < -0.39 is 12.0 Å². The SMILES string of the molecule is COc1ccc(OC(F)(F)F)cc1CC1CC2CCCCC2(N)NC1c1ccccc1. The third kappa shape index (κ3) is 4.99. The maximum absolute atomic E-state index is 12.7. The highest BCUT2D eigenvalue weighted by atomic mass is 19.4. The van der Waals surface area contributed by atoms with Crippen molar-refractivity contribution in [3.05, 3.63) is 59.7 Å². The van der Waals surface area contributed by atoms with Crippen LogP contribution in [-0.4, -0.2) is 19.1 Å². The van der Waals surface area contributed by atoms with Crippen molar-refractivity contribution in [2.45, 2.75) is 56.6 Å². The molecule has 0 radical (unpaired) electrons. The first-order chi connectivity index (χ1) is 14.8. The second-order valence-corrected chi connectivity index (χ2v) is 8.74. The quantitative estimate of drug-likeness (QED) is 0.668. The number of hydrogen-bond donors (Lipinski definition) is 2. The molecule has 1 aliphatic carbocycles. The molecule has 2 aromatic rings. The van der Waals surface area contributed by atoms with Crippen molar-refractivity contribution in [2.75, 3.05) is 7.11 Å². The van der Waals surface area contributed by atoms with Gasteiger partial charge in [0.05, 0.1) is 12.8 Å². The zero-order valence-electron chi connectivity index (χ0n) is 17.6. The van der Waals surface area contributed by atoms with E-state index in [4.69, 9.17) is 10.5 Å². The molecule has 2 fully saturated rings. The summed E-state index contributed by atoms with van der Waals surface area (Å²) in [5.74, 6) is 0.841. The summed E-state index contributed by atoms with van der Waals surface area (Å²) in [4.78, 5) is 0. The Hall–Kier alpha value is -2.25. The van der Waals surface area contributed by atoms with Gasteiger partial charge in [0.1, 0.15) is 11.5 Å². The van der Waals surface area contributed by atoms with Gasteiger partial charge in [-0.15, -0.1) is 13.2 Å². The van der Waals surface area contributed by atoms with E-state index in [1.165, 1.54) is 25.3 Å². The Labute approximate surface area is 180 Å². The summed E-state index contributed by atoms with van der Waals surface area (Å²) in [7, 11) is 1.53. The van der Waals surface area contributed by atoms with Gasteiger partial charge in [-0.1, -0.05) is 43.2 Å². The predicted molar refractivity (Wildman–Crippen MR) is 113 cm³/mol. The summed E-state index contributed by atoms with van der Waals surface area (Å²) in [5, 5.41) is 3.73. The molecule has 0 bridgehead atoms. The molecule has 2 aromatic carbocycles. The summed E-state index contributed by atoms with van der Waals surface area (Å²) < 4.78 is 47.9. The Morgan fingerprint density at radius 1 is 1.13 bits per heavy atom.